The minimum Gasteiger partial charge on any atom is -0.366 e. The summed E-state index contributed by atoms with van der Waals surface area (Å²) in [5.74, 6) is 1.51. The van der Waals surface area contributed by atoms with Gasteiger partial charge in [0, 0.05) is 49.7 Å². The van der Waals surface area contributed by atoms with E-state index in [4.69, 9.17) is 4.98 Å². The maximum Gasteiger partial charge on any atom is 0.151 e. The quantitative estimate of drug-likeness (QED) is 0.665. The number of hydrogen-bond donors (Lipinski definition) is 1. The number of fused-ring (bicyclic) bond motifs is 1. The van der Waals surface area contributed by atoms with E-state index in [1.807, 2.05) is 29.2 Å². The Kier molecular flexibility index (Phi) is 5.71. The molecule has 0 aromatic carbocycles. The van der Waals surface area contributed by atoms with Crippen molar-refractivity contribution in [2.75, 3.05) is 18.4 Å². The second kappa shape index (κ2) is 8.76. The van der Waals surface area contributed by atoms with Crippen molar-refractivity contribution in [3.05, 3.63) is 48.0 Å². The summed E-state index contributed by atoms with van der Waals surface area (Å²) in [5.41, 5.74) is 4.46. The van der Waals surface area contributed by atoms with Crippen LogP contribution in [-0.2, 0) is 6.54 Å². The number of hydrogen-bond acceptors (Lipinski definition) is 5. The van der Waals surface area contributed by atoms with Gasteiger partial charge in [0.25, 0.3) is 0 Å². The van der Waals surface area contributed by atoms with Crippen molar-refractivity contribution in [2.24, 2.45) is 0 Å². The summed E-state index contributed by atoms with van der Waals surface area (Å²) in [6.07, 6.45) is 15.1. The van der Waals surface area contributed by atoms with E-state index in [-0.39, 0.29) is 0 Å². The van der Waals surface area contributed by atoms with E-state index in [1.54, 1.807) is 0 Å². The second-order valence-corrected chi connectivity index (χ2v) is 8.97. The van der Waals surface area contributed by atoms with Crippen molar-refractivity contribution in [1.29, 1.82) is 0 Å². The molecule has 3 aromatic rings. The largest absolute Gasteiger partial charge is 0.366 e. The maximum atomic E-state index is 5.08. The summed E-state index contributed by atoms with van der Waals surface area (Å²) in [6, 6.07) is 7.08. The van der Waals surface area contributed by atoms with E-state index in [0.29, 0.717) is 5.92 Å². The van der Waals surface area contributed by atoms with Gasteiger partial charge in [0.05, 0.1) is 5.69 Å². The highest BCUT2D eigenvalue weighted by Gasteiger charge is 2.29. The van der Waals surface area contributed by atoms with Gasteiger partial charge in [-0.1, -0.05) is 25.3 Å². The van der Waals surface area contributed by atoms with Gasteiger partial charge >= 0.3 is 0 Å². The highest BCUT2D eigenvalue weighted by Crippen LogP contribution is 2.32. The van der Waals surface area contributed by atoms with Crippen molar-refractivity contribution in [3.63, 3.8) is 0 Å². The lowest BCUT2D eigenvalue weighted by molar-refractivity contribution is 0.118. The Hall–Kier alpha value is -2.41. The minimum absolute atomic E-state index is 0.499. The Morgan fingerprint density at radius 1 is 1.10 bits per heavy atom. The summed E-state index contributed by atoms with van der Waals surface area (Å²) >= 11 is 0. The van der Waals surface area contributed by atoms with Crippen molar-refractivity contribution >= 4 is 24.8 Å². The third-order valence-electron chi connectivity index (χ3n) is 6.83. The highest BCUT2D eigenvalue weighted by atomic mass is 15.3. The Morgan fingerprint density at radius 2 is 2.00 bits per heavy atom. The highest BCUT2D eigenvalue weighted by molar-refractivity contribution is 6.36. The Morgan fingerprint density at radius 3 is 2.83 bits per heavy atom. The fraction of sp³-hybridized carbons (Fsp3) is 0.522. The number of nitrogens with zero attached hydrogens (tertiary/aromatic N) is 5. The van der Waals surface area contributed by atoms with Gasteiger partial charge in [-0.25, -0.2) is 4.98 Å². The van der Waals surface area contributed by atoms with Crippen LogP contribution < -0.4 is 10.8 Å². The molecule has 0 radical (unpaired) electrons. The van der Waals surface area contributed by atoms with Crippen LogP contribution in [0.3, 0.4) is 0 Å². The van der Waals surface area contributed by atoms with E-state index in [1.165, 1.54) is 57.2 Å². The normalized spacial score (nSPS) is 21.1. The number of rotatable bonds is 5. The van der Waals surface area contributed by atoms with Crippen LogP contribution in [0.2, 0.25) is 0 Å². The van der Waals surface area contributed by atoms with Crippen LogP contribution in [0.1, 0.15) is 62.1 Å². The first-order valence-corrected chi connectivity index (χ1v) is 11.5. The van der Waals surface area contributed by atoms with E-state index in [0.717, 1.165) is 41.6 Å². The van der Waals surface area contributed by atoms with Crippen LogP contribution in [0.5, 0.6) is 0 Å². The Balaban J connectivity index is 1.40. The average molecular weight is 402 g/mol. The third-order valence-corrected chi connectivity index (χ3v) is 6.83. The molecule has 1 N–H and O–H groups in total. The monoisotopic (exact) mass is 402 g/mol. The predicted octanol–water partition coefficient (Wildman–Crippen LogP) is 2.51. The molecule has 1 aliphatic heterocycles. The lowest BCUT2D eigenvalue weighted by Crippen LogP contribution is -2.43. The first-order chi connectivity index (χ1) is 14.8. The molecule has 3 aromatic heterocycles. The van der Waals surface area contributed by atoms with Crippen LogP contribution in [0.4, 0.5) is 5.82 Å². The molecule has 2 fully saturated rings. The van der Waals surface area contributed by atoms with Gasteiger partial charge in [0.2, 0.25) is 0 Å². The lowest BCUT2D eigenvalue weighted by atomic mass is 9.89. The van der Waals surface area contributed by atoms with Gasteiger partial charge in [-0.2, -0.15) is 9.61 Å². The molecule has 0 spiro atoms. The molecular formula is C23H31BN6. The zero-order valence-electron chi connectivity index (χ0n) is 17.9. The fourth-order valence-electron chi connectivity index (χ4n) is 5.15. The van der Waals surface area contributed by atoms with Crippen molar-refractivity contribution < 1.29 is 0 Å². The minimum atomic E-state index is 0.499. The molecule has 0 bridgehead atoms. The summed E-state index contributed by atoms with van der Waals surface area (Å²) in [4.78, 5) is 12.1. The smallest absolute Gasteiger partial charge is 0.151 e. The van der Waals surface area contributed by atoms with E-state index in [2.05, 4.69) is 40.3 Å². The zero-order chi connectivity index (χ0) is 20.3. The molecule has 1 unspecified atom stereocenters. The van der Waals surface area contributed by atoms with Gasteiger partial charge in [-0.15, -0.1) is 0 Å². The Bertz CT molecular complexity index is 982. The molecule has 1 saturated carbocycles. The fourth-order valence-corrected chi connectivity index (χ4v) is 5.15. The zero-order valence-corrected chi connectivity index (χ0v) is 17.9. The summed E-state index contributed by atoms with van der Waals surface area (Å²) < 4.78 is 1.94. The van der Waals surface area contributed by atoms with Crippen LogP contribution in [0, 0.1) is 0 Å². The molecule has 4 heterocycles. The maximum absolute atomic E-state index is 5.08. The number of piperidine rings is 1. The standard InChI is InChI=1S/C23H31BN6/c24-20-15-27-30-22(26-14-17-6-4-10-25-13-17)12-21(28-23(20)30)18-7-5-11-29(16-18)19-8-2-1-3-9-19/h4,6,10,12-13,15,18-19,26H,1-3,5,7-9,11,14,16,24H2. The van der Waals surface area contributed by atoms with Crippen LogP contribution in [0.15, 0.2) is 36.8 Å². The Labute approximate surface area is 179 Å². The van der Waals surface area contributed by atoms with Crippen molar-refractivity contribution in [2.45, 2.75) is 63.5 Å². The summed E-state index contributed by atoms with van der Waals surface area (Å²) in [5, 5.41) is 8.15. The third kappa shape index (κ3) is 4.08. The van der Waals surface area contributed by atoms with Gasteiger partial charge in [-0.3, -0.25) is 9.88 Å². The molecule has 7 heteroatoms. The molecule has 2 aliphatic rings. The van der Waals surface area contributed by atoms with Crippen molar-refractivity contribution in [1.82, 2.24) is 24.5 Å². The molecule has 6 nitrogen and oxygen atoms in total. The lowest BCUT2D eigenvalue weighted by Gasteiger charge is -2.40. The molecule has 1 saturated heterocycles. The number of aromatic nitrogens is 4. The van der Waals surface area contributed by atoms with Crippen LogP contribution in [-0.4, -0.2) is 51.5 Å². The van der Waals surface area contributed by atoms with Crippen LogP contribution in [0.25, 0.3) is 5.65 Å². The molecule has 0 amide bonds. The number of likely N-dealkylation sites (tertiary alicyclic amines) is 1. The molecule has 1 atom stereocenters. The van der Waals surface area contributed by atoms with Gasteiger partial charge in [0.15, 0.2) is 5.65 Å². The number of nitrogens with one attached hydrogen (secondary N) is 1. The van der Waals surface area contributed by atoms with E-state index < -0.39 is 0 Å². The molecule has 1 aliphatic carbocycles. The van der Waals surface area contributed by atoms with Crippen LogP contribution >= 0.6 is 0 Å². The number of anilines is 1. The average Bonchev–Trinajstić information content (AvgIpc) is 3.19. The van der Waals surface area contributed by atoms with E-state index >= 15 is 0 Å². The summed E-state index contributed by atoms with van der Waals surface area (Å²) in [7, 11) is 2.10. The number of pyridine rings is 1. The van der Waals surface area contributed by atoms with Gasteiger partial charge in [0.1, 0.15) is 13.7 Å². The molecule has 5 rings (SSSR count). The second-order valence-electron chi connectivity index (χ2n) is 8.97. The van der Waals surface area contributed by atoms with E-state index in [9.17, 15) is 0 Å². The molecule has 156 valence electrons. The van der Waals surface area contributed by atoms with Gasteiger partial charge < -0.3 is 5.32 Å². The SMILES string of the molecule is Bc1cnn2c(NCc3cccnc3)cc(C3CCCN(C4CCCCC4)C3)nc12. The molecule has 30 heavy (non-hydrogen) atoms. The van der Waals surface area contributed by atoms with Crippen molar-refractivity contribution in [3.8, 4) is 0 Å². The van der Waals surface area contributed by atoms with Gasteiger partial charge in [-0.05, 0) is 49.3 Å². The topological polar surface area (TPSA) is 58.4 Å². The predicted molar refractivity (Wildman–Crippen MR) is 123 cm³/mol. The molecular weight excluding hydrogens is 371 g/mol. The summed E-state index contributed by atoms with van der Waals surface area (Å²) in [6.45, 7) is 3.12. The first-order valence-electron chi connectivity index (χ1n) is 11.5. The first kappa shape index (κ1) is 19.6.